The summed E-state index contributed by atoms with van der Waals surface area (Å²) in [5.41, 5.74) is 0. The zero-order valence-electron chi connectivity index (χ0n) is 11.4. The molecule has 0 saturated heterocycles. The van der Waals surface area contributed by atoms with Crippen molar-refractivity contribution < 1.29 is 15.0 Å². The third-order valence-corrected chi connectivity index (χ3v) is 5.46. The molecule has 0 aliphatic heterocycles. The van der Waals surface area contributed by atoms with Crippen LogP contribution in [-0.4, -0.2) is 28.2 Å². The molecule has 5 atom stereocenters. The first kappa shape index (κ1) is 13.3. The average Bonchev–Trinajstić information content (AvgIpc) is 2.69. The minimum atomic E-state index is -0.377. The summed E-state index contributed by atoms with van der Waals surface area (Å²) in [5, 5.41) is 20.3. The Balaban J connectivity index is 1.55. The van der Waals surface area contributed by atoms with Gasteiger partial charge in [0, 0.05) is 24.2 Å². The number of Topliss-reactive ketones (excluding diaryl/α,β-unsaturated/α-hetero) is 1. The topological polar surface area (TPSA) is 57.5 Å². The maximum Gasteiger partial charge on any atom is 0.136 e. The molecule has 19 heavy (non-hydrogen) atoms. The molecule has 3 nitrogen and oxygen atoms in total. The summed E-state index contributed by atoms with van der Waals surface area (Å²) in [6.07, 6.45) is 10.4. The van der Waals surface area contributed by atoms with Crippen molar-refractivity contribution in [3.63, 3.8) is 0 Å². The van der Waals surface area contributed by atoms with Crippen LogP contribution in [0.1, 0.15) is 44.9 Å². The van der Waals surface area contributed by atoms with Crippen molar-refractivity contribution in [1.29, 1.82) is 0 Å². The Labute approximate surface area is 114 Å². The third-order valence-electron chi connectivity index (χ3n) is 5.46. The average molecular weight is 264 g/mol. The highest BCUT2D eigenvalue weighted by Gasteiger charge is 2.51. The molecule has 3 saturated carbocycles. The maximum absolute atomic E-state index is 11.4. The number of hydrogen-bond donors (Lipinski definition) is 2. The summed E-state index contributed by atoms with van der Waals surface area (Å²) in [5.74, 6) is 1.06. The van der Waals surface area contributed by atoms with Crippen LogP contribution in [0.25, 0.3) is 0 Å². The molecule has 3 heteroatoms. The van der Waals surface area contributed by atoms with Crippen LogP contribution in [0.15, 0.2) is 12.2 Å². The quantitative estimate of drug-likeness (QED) is 0.767. The second kappa shape index (κ2) is 5.37. The Morgan fingerprint density at radius 1 is 1.21 bits per heavy atom. The first-order valence-corrected chi connectivity index (χ1v) is 7.74. The number of ketones is 1. The van der Waals surface area contributed by atoms with Gasteiger partial charge >= 0.3 is 0 Å². The van der Waals surface area contributed by atoms with E-state index in [1.165, 1.54) is 19.3 Å². The van der Waals surface area contributed by atoms with Crippen molar-refractivity contribution in [2.75, 3.05) is 0 Å². The van der Waals surface area contributed by atoms with Gasteiger partial charge in [0.05, 0.1) is 12.2 Å². The van der Waals surface area contributed by atoms with Gasteiger partial charge in [0.15, 0.2) is 0 Å². The number of carbonyl (C=O) groups excluding carboxylic acids is 1. The number of fused-ring (bicyclic) bond motifs is 1. The third kappa shape index (κ3) is 2.50. The van der Waals surface area contributed by atoms with E-state index in [-0.39, 0.29) is 30.0 Å². The van der Waals surface area contributed by atoms with Gasteiger partial charge < -0.3 is 10.2 Å². The van der Waals surface area contributed by atoms with Gasteiger partial charge in [-0.05, 0) is 25.2 Å². The summed E-state index contributed by atoms with van der Waals surface area (Å²) in [7, 11) is 0. The fourth-order valence-corrected chi connectivity index (χ4v) is 4.10. The molecule has 0 amide bonds. The highest BCUT2D eigenvalue weighted by atomic mass is 16.3. The van der Waals surface area contributed by atoms with Crippen molar-refractivity contribution in [2.45, 2.75) is 57.2 Å². The van der Waals surface area contributed by atoms with Gasteiger partial charge in [-0.1, -0.05) is 31.4 Å². The Morgan fingerprint density at radius 2 is 1.95 bits per heavy atom. The standard InChI is InChI=1S/C16H24O3/c17-14(10-4-2-1-3-5-10)7-6-11-8-12-13(16(11)19)9-15(12)18/h6-7,10-14,16-17,19H,1-5,8-9H2/t11?,12-,13+,14?,16?/m0/s1. The minimum Gasteiger partial charge on any atom is -0.392 e. The molecule has 0 aromatic rings. The van der Waals surface area contributed by atoms with Crippen LogP contribution in [0.3, 0.4) is 0 Å². The molecule has 0 radical (unpaired) electrons. The van der Waals surface area contributed by atoms with Crippen LogP contribution < -0.4 is 0 Å². The number of carbonyl (C=O) groups is 1. The van der Waals surface area contributed by atoms with Gasteiger partial charge in [0.1, 0.15) is 5.78 Å². The predicted octanol–water partition coefficient (Wildman–Crippen LogP) is 2.07. The lowest BCUT2D eigenvalue weighted by atomic mass is 9.74. The molecular formula is C16H24O3. The molecule has 0 spiro atoms. The van der Waals surface area contributed by atoms with Crippen LogP contribution >= 0.6 is 0 Å². The van der Waals surface area contributed by atoms with Crippen LogP contribution in [0.2, 0.25) is 0 Å². The van der Waals surface area contributed by atoms with Gasteiger partial charge in [-0.2, -0.15) is 0 Å². The smallest absolute Gasteiger partial charge is 0.136 e. The highest BCUT2D eigenvalue weighted by Crippen LogP contribution is 2.47. The molecule has 0 bridgehead atoms. The molecular weight excluding hydrogens is 240 g/mol. The lowest BCUT2D eigenvalue weighted by Crippen LogP contribution is -2.38. The second-order valence-corrected chi connectivity index (χ2v) is 6.60. The fraction of sp³-hybridized carbons (Fsp3) is 0.812. The second-order valence-electron chi connectivity index (χ2n) is 6.60. The van der Waals surface area contributed by atoms with Gasteiger partial charge in [-0.3, -0.25) is 4.79 Å². The van der Waals surface area contributed by atoms with Crippen LogP contribution in [0.5, 0.6) is 0 Å². The molecule has 0 aromatic heterocycles. The lowest BCUT2D eigenvalue weighted by molar-refractivity contribution is -0.135. The van der Waals surface area contributed by atoms with E-state index in [9.17, 15) is 15.0 Å². The summed E-state index contributed by atoms with van der Waals surface area (Å²) >= 11 is 0. The van der Waals surface area contributed by atoms with E-state index < -0.39 is 0 Å². The first-order chi connectivity index (χ1) is 9.16. The number of rotatable bonds is 3. The van der Waals surface area contributed by atoms with Gasteiger partial charge in [-0.25, -0.2) is 0 Å². The van der Waals surface area contributed by atoms with Crippen molar-refractivity contribution in [3.8, 4) is 0 Å². The first-order valence-electron chi connectivity index (χ1n) is 7.74. The van der Waals surface area contributed by atoms with E-state index in [2.05, 4.69) is 0 Å². The van der Waals surface area contributed by atoms with Crippen molar-refractivity contribution in [1.82, 2.24) is 0 Å². The van der Waals surface area contributed by atoms with Crippen LogP contribution in [0, 0.1) is 23.7 Å². The molecule has 106 valence electrons. The molecule has 0 aromatic carbocycles. The molecule has 3 aliphatic rings. The Morgan fingerprint density at radius 3 is 2.58 bits per heavy atom. The number of aliphatic hydroxyl groups is 2. The normalized spacial score (nSPS) is 41.3. The van der Waals surface area contributed by atoms with Crippen LogP contribution in [0.4, 0.5) is 0 Å². The van der Waals surface area contributed by atoms with Crippen molar-refractivity contribution >= 4 is 5.78 Å². The summed E-state index contributed by atoms with van der Waals surface area (Å²) in [4.78, 5) is 11.4. The molecule has 3 fully saturated rings. The van der Waals surface area contributed by atoms with Gasteiger partial charge in [-0.15, -0.1) is 0 Å². The zero-order valence-corrected chi connectivity index (χ0v) is 11.4. The Hall–Kier alpha value is -0.670. The van der Waals surface area contributed by atoms with E-state index >= 15 is 0 Å². The minimum absolute atomic E-state index is 0.0692. The maximum atomic E-state index is 11.4. The largest absolute Gasteiger partial charge is 0.392 e. The van der Waals surface area contributed by atoms with Gasteiger partial charge in [0.25, 0.3) is 0 Å². The summed E-state index contributed by atoms with van der Waals surface area (Å²) in [6, 6.07) is 0. The Bertz CT molecular complexity index is 370. The van der Waals surface area contributed by atoms with E-state index in [0.29, 0.717) is 18.1 Å². The fourth-order valence-electron chi connectivity index (χ4n) is 4.10. The SMILES string of the molecule is O=C1C[C@H]2C(O)C(C=CC(O)C3CCCCC3)C[C@H]12. The summed E-state index contributed by atoms with van der Waals surface area (Å²) in [6.45, 7) is 0. The van der Waals surface area contributed by atoms with E-state index in [0.717, 1.165) is 19.3 Å². The van der Waals surface area contributed by atoms with Crippen molar-refractivity contribution in [3.05, 3.63) is 12.2 Å². The Kier molecular flexibility index (Phi) is 3.77. The molecule has 0 heterocycles. The van der Waals surface area contributed by atoms with Gasteiger partial charge in [0.2, 0.25) is 0 Å². The molecule has 2 N–H and O–H groups in total. The highest BCUT2D eigenvalue weighted by molar-refractivity contribution is 5.88. The van der Waals surface area contributed by atoms with E-state index in [1.54, 1.807) is 0 Å². The number of aliphatic hydroxyl groups excluding tert-OH is 2. The molecule has 3 unspecified atom stereocenters. The van der Waals surface area contributed by atoms with E-state index in [1.807, 2.05) is 12.2 Å². The lowest BCUT2D eigenvalue weighted by Gasteiger charge is -2.30. The monoisotopic (exact) mass is 264 g/mol. The molecule has 3 aliphatic carbocycles. The van der Waals surface area contributed by atoms with Crippen LogP contribution in [-0.2, 0) is 4.79 Å². The molecule has 3 rings (SSSR count). The van der Waals surface area contributed by atoms with E-state index in [4.69, 9.17) is 0 Å². The predicted molar refractivity (Wildman–Crippen MR) is 72.4 cm³/mol. The number of hydrogen-bond acceptors (Lipinski definition) is 3. The van der Waals surface area contributed by atoms with Crippen molar-refractivity contribution in [2.24, 2.45) is 23.7 Å². The summed E-state index contributed by atoms with van der Waals surface area (Å²) < 4.78 is 0. The zero-order chi connectivity index (χ0) is 13.4.